The Bertz CT molecular complexity index is 320. The molecule has 0 amide bonds. The molecule has 0 aliphatic rings. The highest BCUT2D eigenvalue weighted by Crippen LogP contribution is 2.26. The van der Waals surface area contributed by atoms with Gasteiger partial charge in [0.05, 0.1) is 11.8 Å². The molecule has 78 valence electrons. The van der Waals surface area contributed by atoms with E-state index in [9.17, 15) is 9.50 Å². The fraction of sp³-hybridized carbons (Fsp3) is 0.556. The summed E-state index contributed by atoms with van der Waals surface area (Å²) in [6.45, 7) is 5.09. The first kappa shape index (κ1) is 11.4. The van der Waals surface area contributed by atoms with Crippen molar-refractivity contribution < 1.29 is 9.50 Å². The van der Waals surface area contributed by atoms with E-state index in [0.29, 0.717) is 10.7 Å². The Kier molecular flexibility index (Phi) is 3.83. The van der Waals surface area contributed by atoms with Gasteiger partial charge in [0.25, 0.3) is 0 Å². The largest absolute Gasteiger partial charge is 0.392 e. The summed E-state index contributed by atoms with van der Waals surface area (Å²) in [7, 11) is 0. The highest BCUT2D eigenvalue weighted by Gasteiger charge is 2.15. The van der Waals surface area contributed by atoms with Gasteiger partial charge < -0.3 is 5.11 Å². The third kappa shape index (κ3) is 2.65. The number of aryl methyl sites for hydroxylation is 1. The summed E-state index contributed by atoms with van der Waals surface area (Å²) >= 11 is 1.22. The Labute approximate surface area is 86.8 Å². The maximum Gasteiger partial charge on any atom is 0.176 e. The molecule has 1 heterocycles. The maximum absolute atomic E-state index is 13.4. The minimum absolute atomic E-state index is 0.0844. The lowest BCUT2D eigenvalue weighted by Gasteiger charge is -2.13. The molecule has 0 radical (unpaired) electrons. The number of thioether (sulfide) groups is 1. The zero-order valence-corrected chi connectivity index (χ0v) is 9.18. The minimum Gasteiger partial charge on any atom is -0.392 e. The van der Waals surface area contributed by atoms with Crippen LogP contribution < -0.4 is 0 Å². The van der Waals surface area contributed by atoms with Gasteiger partial charge in [0, 0.05) is 5.25 Å². The zero-order valence-electron chi connectivity index (χ0n) is 8.36. The number of rotatable bonds is 3. The quantitative estimate of drug-likeness (QED) is 0.618. The molecule has 0 aromatic carbocycles. The first-order valence-electron chi connectivity index (χ1n) is 4.34. The summed E-state index contributed by atoms with van der Waals surface area (Å²) in [5.41, 5.74) is 0.334. The first-order valence-corrected chi connectivity index (χ1v) is 5.22. The lowest BCUT2D eigenvalue weighted by molar-refractivity contribution is 0.196. The van der Waals surface area contributed by atoms with Crippen molar-refractivity contribution in [3.05, 3.63) is 17.8 Å². The molecule has 0 saturated heterocycles. The van der Waals surface area contributed by atoms with Gasteiger partial charge in [0.1, 0.15) is 11.4 Å². The van der Waals surface area contributed by atoms with E-state index in [1.807, 2.05) is 6.92 Å². The van der Waals surface area contributed by atoms with Crippen molar-refractivity contribution in [2.45, 2.75) is 37.2 Å². The van der Waals surface area contributed by atoms with Gasteiger partial charge in [0.2, 0.25) is 0 Å². The molecular weight excluding hydrogens is 203 g/mol. The van der Waals surface area contributed by atoms with Crippen LogP contribution in [-0.4, -0.2) is 26.4 Å². The minimum atomic E-state index is -0.491. The molecule has 5 heteroatoms. The van der Waals surface area contributed by atoms with E-state index in [0.717, 1.165) is 0 Å². The van der Waals surface area contributed by atoms with Crippen LogP contribution in [0.4, 0.5) is 4.39 Å². The van der Waals surface area contributed by atoms with Gasteiger partial charge in [-0.05, 0) is 13.8 Å². The van der Waals surface area contributed by atoms with Gasteiger partial charge in [-0.1, -0.05) is 18.7 Å². The lowest BCUT2D eigenvalue weighted by atomic mass is 10.3. The highest BCUT2D eigenvalue weighted by atomic mass is 32.2. The normalized spacial score (nSPS) is 15.2. The second-order valence-corrected chi connectivity index (χ2v) is 4.51. The van der Waals surface area contributed by atoms with Crippen LogP contribution in [0.3, 0.4) is 0 Å². The van der Waals surface area contributed by atoms with Gasteiger partial charge in [-0.25, -0.2) is 14.4 Å². The molecule has 0 bridgehead atoms. The summed E-state index contributed by atoms with van der Waals surface area (Å²) in [6, 6.07) is 0. The number of aromatic nitrogens is 2. The van der Waals surface area contributed by atoms with E-state index < -0.39 is 11.9 Å². The monoisotopic (exact) mass is 216 g/mol. The Morgan fingerprint density at radius 1 is 1.43 bits per heavy atom. The van der Waals surface area contributed by atoms with E-state index in [-0.39, 0.29) is 5.25 Å². The third-order valence-corrected chi connectivity index (χ3v) is 3.18. The van der Waals surface area contributed by atoms with E-state index in [2.05, 4.69) is 9.97 Å². The van der Waals surface area contributed by atoms with Gasteiger partial charge in [-0.3, -0.25) is 0 Å². The molecule has 1 rings (SSSR count). The third-order valence-electron chi connectivity index (χ3n) is 1.91. The number of aliphatic hydroxyl groups excluding tert-OH is 1. The maximum atomic E-state index is 13.4. The predicted octanol–water partition coefficient (Wildman–Crippen LogP) is 1.79. The molecule has 0 saturated carbocycles. The Hall–Kier alpha value is -0.680. The molecule has 3 nitrogen and oxygen atoms in total. The number of hydrogen-bond donors (Lipinski definition) is 1. The van der Waals surface area contributed by atoms with Crippen LogP contribution in [-0.2, 0) is 0 Å². The van der Waals surface area contributed by atoms with E-state index in [4.69, 9.17) is 0 Å². The van der Waals surface area contributed by atoms with Crippen molar-refractivity contribution in [2.75, 3.05) is 0 Å². The average molecular weight is 216 g/mol. The number of halogens is 1. The van der Waals surface area contributed by atoms with Crippen LogP contribution in [0, 0.1) is 12.7 Å². The van der Waals surface area contributed by atoms with Crippen molar-refractivity contribution in [3.8, 4) is 0 Å². The van der Waals surface area contributed by atoms with Crippen LogP contribution >= 0.6 is 11.8 Å². The Morgan fingerprint density at radius 3 is 2.64 bits per heavy atom. The van der Waals surface area contributed by atoms with Gasteiger partial charge in [-0.15, -0.1) is 0 Å². The van der Waals surface area contributed by atoms with E-state index >= 15 is 0 Å². The molecule has 1 aromatic rings. The molecule has 1 aromatic heterocycles. The fourth-order valence-electron chi connectivity index (χ4n) is 0.793. The van der Waals surface area contributed by atoms with Crippen LogP contribution in [0.2, 0.25) is 0 Å². The second kappa shape index (κ2) is 4.70. The van der Waals surface area contributed by atoms with Crippen molar-refractivity contribution in [1.82, 2.24) is 9.97 Å². The zero-order chi connectivity index (χ0) is 10.7. The van der Waals surface area contributed by atoms with Gasteiger partial charge >= 0.3 is 0 Å². The molecule has 0 spiro atoms. The molecule has 0 aliphatic carbocycles. The number of aliphatic hydroxyl groups is 1. The lowest BCUT2D eigenvalue weighted by Crippen LogP contribution is -2.15. The molecule has 0 aliphatic heterocycles. The number of hydrogen-bond acceptors (Lipinski definition) is 4. The fourth-order valence-corrected chi connectivity index (χ4v) is 1.70. The SMILES string of the molecule is Cc1ncnc(SC(C)C(C)O)c1F. The molecule has 0 fully saturated rings. The van der Waals surface area contributed by atoms with Gasteiger partial charge in [-0.2, -0.15) is 0 Å². The summed E-state index contributed by atoms with van der Waals surface area (Å²) in [6.07, 6.45) is 0.838. The Balaban J connectivity index is 2.82. The van der Waals surface area contributed by atoms with E-state index in [1.54, 1.807) is 13.8 Å². The molecule has 2 unspecified atom stereocenters. The summed E-state index contributed by atoms with van der Waals surface area (Å²) in [4.78, 5) is 7.56. The smallest absolute Gasteiger partial charge is 0.176 e. The average Bonchev–Trinajstić information content (AvgIpc) is 2.12. The first-order chi connectivity index (χ1) is 6.52. The molecular formula is C9H13FN2OS. The molecule has 2 atom stereocenters. The predicted molar refractivity (Wildman–Crippen MR) is 53.7 cm³/mol. The van der Waals surface area contributed by atoms with Crippen LogP contribution in [0.5, 0.6) is 0 Å². The molecule has 1 N–H and O–H groups in total. The summed E-state index contributed by atoms with van der Waals surface area (Å²) in [5.74, 6) is -0.398. The standard InChI is InChI=1S/C9H13FN2OS/c1-5-8(10)9(12-4-11-5)14-7(3)6(2)13/h4,6-7,13H,1-3H3. The highest BCUT2D eigenvalue weighted by molar-refractivity contribution is 7.99. The summed E-state index contributed by atoms with van der Waals surface area (Å²) in [5, 5.41) is 9.47. The summed E-state index contributed by atoms with van der Waals surface area (Å²) < 4.78 is 13.4. The second-order valence-electron chi connectivity index (χ2n) is 3.14. The number of nitrogens with zero attached hydrogens (tertiary/aromatic N) is 2. The van der Waals surface area contributed by atoms with Crippen molar-refractivity contribution in [1.29, 1.82) is 0 Å². The van der Waals surface area contributed by atoms with Crippen molar-refractivity contribution in [3.63, 3.8) is 0 Å². The molecule has 14 heavy (non-hydrogen) atoms. The van der Waals surface area contributed by atoms with Crippen molar-refractivity contribution in [2.24, 2.45) is 0 Å². The van der Waals surface area contributed by atoms with Crippen LogP contribution in [0.1, 0.15) is 19.5 Å². The van der Waals surface area contributed by atoms with Gasteiger partial charge in [0.15, 0.2) is 5.82 Å². The van der Waals surface area contributed by atoms with Crippen molar-refractivity contribution >= 4 is 11.8 Å². The Morgan fingerprint density at radius 2 is 2.07 bits per heavy atom. The van der Waals surface area contributed by atoms with Crippen LogP contribution in [0.25, 0.3) is 0 Å². The van der Waals surface area contributed by atoms with E-state index in [1.165, 1.54) is 18.1 Å². The topological polar surface area (TPSA) is 46.0 Å². The van der Waals surface area contributed by atoms with Crippen LogP contribution in [0.15, 0.2) is 11.4 Å².